The number of nitrogens with zero attached hydrogens (tertiary/aromatic N) is 4. The fourth-order valence-electron chi connectivity index (χ4n) is 2.37. The van der Waals surface area contributed by atoms with Crippen LogP contribution in [0.5, 0.6) is 0 Å². The number of aromatic nitrogens is 2. The van der Waals surface area contributed by atoms with Gasteiger partial charge in [-0.3, -0.25) is 4.90 Å². The number of nitrogens with two attached hydrogens (primary N) is 1. The second kappa shape index (κ2) is 6.68. The van der Waals surface area contributed by atoms with Crippen LogP contribution >= 0.6 is 0 Å². The van der Waals surface area contributed by atoms with Crippen LogP contribution in [0.4, 0.5) is 11.6 Å². The van der Waals surface area contributed by atoms with Gasteiger partial charge in [0.1, 0.15) is 17.5 Å². The van der Waals surface area contributed by atoms with E-state index in [0.29, 0.717) is 0 Å². The molecule has 0 unspecified atom stereocenters. The summed E-state index contributed by atoms with van der Waals surface area (Å²) in [5, 5.41) is 3.25. The summed E-state index contributed by atoms with van der Waals surface area (Å²) in [5.41, 5.74) is 5.59. The molecule has 1 aliphatic heterocycles. The van der Waals surface area contributed by atoms with Crippen molar-refractivity contribution in [2.24, 2.45) is 5.73 Å². The first-order chi connectivity index (χ1) is 9.22. The van der Waals surface area contributed by atoms with Crippen LogP contribution < -0.4 is 16.0 Å². The van der Waals surface area contributed by atoms with E-state index in [1.807, 2.05) is 13.0 Å². The minimum Gasteiger partial charge on any atom is -0.370 e. The van der Waals surface area contributed by atoms with Crippen LogP contribution in [0.2, 0.25) is 0 Å². The van der Waals surface area contributed by atoms with E-state index in [2.05, 4.69) is 32.0 Å². The zero-order valence-corrected chi connectivity index (χ0v) is 11.9. The molecule has 1 aliphatic rings. The minimum absolute atomic E-state index is 0.733. The van der Waals surface area contributed by atoms with E-state index in [4.69, 9.17) is 5.73 Å². The van der Waals surface area contributed by atoms with Gasteiger partial charge in [-0.25, -0.2) is 9.97 Å². The van der Waals surface area contributed by atoms with Gasteiger partial charge in [-0.2, -0.15) is 0 Å². The summed E-state index contributed by atoms with van der Waals surface area (Å²) in [6.07, 6.45) is 0. The average Bonchev–Trinajstić information content (AvgIpc) is 2.40. The first kappa shape index (κ1) is 14.0. The predicted molar refractivity (Wildman–Crippen MR) is 78.6 cm³/mol. The van der Waals surface area contributed by atoms with Crippen LogP contribution in [0.25, 0.3) is 0 Å². The first-order valence-corrected chi connectivity index (χ1v) is 7.00. The second-order valence-electron chi connectivity index (χ2n) is 4.81. The summed E-state index contributed by atoms with van der Waals surface area (Å²) < 4.78 is 0. The molecular weight excluding hydrogens is 240 g/mol. The van der Waals surface area contributed by atoms with E-state index in [1.54, 1.807) is 0 Å². The van der Waals surface area contributed by atoms with E-state index in [0.717, 1.165) is 63.3 Å². The maximum Gasteiger partial charge on any atom is 0.134 e. The Hall–Kier alpha value is -1.40. The standard InChI is InChI=1S/C13H24N6/c1-3-15-12-10-13(17-11(2)16-12)19-8-6-18(5-4-14)7-9-19/h10H,3-9,14H2,1-2H3,(H,15,16,17). The Labute approximate surface area is 115 Å². The molecule has 0 radical (unpaired) electrons. The second-order valence-corrected chi connectivity index (χ2v) is 4.81. The highest BCUT2D eigenvalue weighted by Gasteiger charge is 2.18. The maximum absolute atomic E-state index is 5.59. The molecule has 0 atom stereocenters. The highest BCUT2D eigenvalue weighted by atomic mass is 15.3. The number of aryl methyl sites for hydroxylation is 1. The molecule has 1 fully saturated rings. The molecule has 2 heterocycles. The number of hydrogen-bond donors (Lipinski definition) is 2. The molecule has 19 heavy (non-hydrogen) atoms. The molecule has 1 aromatic heterocycles. The molecule has 0 bridgehead atoms. The molecule has 3 N–H and O–H groups in total. The van der Waals surface area contributed by atoms with E-state index in [1.165, 1.54) is 0 Å². The Morgan fingerprint density at radius 3 is 2.63 bits per heavy atom. The fraction of sp³-hybridized carbons (Fsp3) is 0.692. The molecule has 1 saturated heterocycles. The van der Waals surface area contributed by atoms with Crippen molar-refractivity contribution in [2.75, 3.05) is 56.0 Å². The van der Waals surface area contributed by atoms with Gasteiger partial charge in [0, 0.05) is 51.9 Å². The van der Waals surface area contributed by atoms with Crippen molar-refractivity contribution in [1.82, 2.24) is 14.9 Å². The Bertz CT molecular complexity index is 400. The van der Waals surface area contributed by atoms with Crippen molar-refractivity contribution in [3.8, 4) is 0 Å². The lowest BCUT2D eigenvalue weighted by Gasteiger charge is -2.35. The molecule has 1 aromatic rings. The SMILES string of the molecule is CCNc1cc(N2CCN(CCN)CC2)nc(C)n1. The quantitative estimate of drug-likeness (QED) is 0.797. The Morgan fingerprint density at radius 2 is 2.00 bits per heavy atom. The summed E-state index contributed by atoms with van der Waals surface area (Å²) in [5.74, 6) is 2.75. The summed E-state index contributed by atoms with van der Waals surface area (Å²) in [6.45, 7) is 10.7. The smallest absolute Gasteiger partial charge is 0.134 e. The summed E-state index contributed by atoms with van der Waals surface area (Å²) in [6, 6.07) is 2.04. The summed E-state index contributed by atoms with van der Waals surface area (Å²) >= 11 is 0. The van der Waals surface area contributed by atoms with Gasteiger partial charge >= 0.3 is 0 Å². The molecule has 2 rings (SSSR count). The van der Waals surface area contributed by atoms with Crippen molar-refractivity contribution in [1.29, 1.82) is 0 Å². The van der Waals surface area contributed by atoms with Crippen molar-refractivity contribution < 1.29 is 0 Å². The molecule has 0 saturated carbocycles. The number of hydrogen-bond acceptors (Lipinski definition) is 6. The van der Waals surface area contributed by atoms with Crippen LogP contribution in [-0.4, -0.2) is 60.7 Å². The zero-order chi connectivity index (χ0) is 13.7. The lowest BCUT2D eigenvalue weighted by molar-refractivity contribution is 0.264. The highest BCUT2D eigenvalue weighted by Crippen LogP contribution is 2.17. The third-order valence-corrected chi connectivity index (χ3v) is 3.32. The average molecular weight is 264 g/mol. The van der Waals surface area contributed by atoms with Crippen LogP contribution in [0, 0.1) is 6.92 Å². The van der Waals surface area contributed by atoms with Gasteiger partial charge in [-0.1, -0.05) is 0 Å². The van der Waals surface area contributed by atoms with Crippen molar-refractivity contribution in [3.05, 3.63) is 11.9 Å². The van der Waals surface area contributed by atoms with Gasteiger partial charge in [0.2, 0.25) is 0 Å². The normalized spacial score (nSPS) is 16.7. The monoisotopic (exact) mass is 264 g/mol. The molecule has 6 heteroatoms. The summed E-state index contributed by atoms with van der Waals surface area (Å²) in [4.78, 5) is 13.6. The van der Waals surface area contributed by atoms with Gasteiger partial charge in [0.15, 0.2) is 0 Å². The number of piperazine rings is 1. The number of rotatable bonds is 5. The van der Waals surface area contributed by atoms with E-state index in [9.17, 15) is 0 Å². The molecule has 0 spiro atoms. The lowest BCUT2D eigenvalue weighted by Crippen LogP contribution is -2.48. The number of nitrogens with one attached hydrogen (secondary N) is 1. The van der Waals surface area contributed by atoms with Gasteiger partial charge in [0.25, 0.3) is 0 Å². The van der Waals surface area contributed by atoms with Gasteiger partial charge in [0.05, 0.1) is 0 Å². The molecule has 6 nitrogen and oxygen atoms in total. The molecule has 0 aromatic carbocycles. The Morgan fingerprint density at radius 1 is 1.26 bits per heavy atom. The van der Waals surface area contributed by atoms with E-state index < -0.39 is 0 Å². The van der Waals surface area contributed by atoms with Crippen LogP contribution in [-0.2, 0) is 0 Å². The van der Waals surface area contributed by atoms with Gasteiger partial charge in [-0.05, 0) is 13.8 Å². The molecule has 106 valence electrons. The van der Waals surface area contributed by atoms with Crippen LogP contribution in [0.1, 0.15) is 12.7 Å². The topological polar surface area (TPSA) is 70.3 Å². The van der Waals surface area contributed by atoms with Gasteiger partial charge in [-0.15, -0.1) is 0 Å². The van der Waals surface area contributed by atoms with E-state index >= 15 is 0 Å². The predicted octanol–water partition coefficient (Wildman–Crippen LogP) is 0.298. The van der Waals surface area contributed by atoms with E-state index in [-0.39, 0.29) is 0 Å². The van der Waals surface area contributed by atoms with Crippen LogP contribution in [0.15, 0.2) is 6.07 Å². The zero-order valence-electron chi connectivity index (χ0n) is 11.9. The van der Waals surface area contributed by atoms with Crippen molar-refractivity contribution in [3.63, 3.8) is 0 Å². The third kappa shape index (κ3) is 3.78. The lowest BCUT2D eigenvalue weighted by atomic mass is 10.3. The van der Waals surface area contributed by atoms with Crippen molar-refractivity contribution in [2.45, 2.75) is 13.8 Å². The van der Waals surface area contributed by atoms with Crippen molar-refractivity contribution >= 4 is 11.6 Å². The summed E-state index contributed by atoms with van der Waals surface area (Å²) in [7, 11) is 0. The minimum atomic E-state index is 0.733. The molecule has 0 aliphatic carbocycles. The maximum atomic E-state index is 5.59. The molecular formula is C13H24N6. The molecule has 0 amide bonds. The van der Waals surface area contributed by atoms with Gasteiger partial charge < -0.3 is 16.0 Å². The third-order valence-electron chi connectivity index (χ3n) is 3.32. The van der Waals surface area contributed by atoms with Crippen LogP contribution in [0.3, 0.4) is 0 Å². The first-order valence-electron chi connectivity index (χ1n) is 7.00. The Kier molecular flexibility index (Phi) is 4.93. The fourth-order valence-corrected chi connectivity index (χ4v) is 2.37. The largest absolute Gasteiger partial charge is 0.370 e. The Balaban J connectivity index is 2.02. The highest BCUT2D eigenvalue weighted by molar-refractivity contribution is 5.49. The number of anilines is 2.